The van der Waals surface area contributed by atoms with Gasteiger partial charge in [-0.3, -0.25) is 9.69 Å². The Labute approximate surface area is 177 Å². The number of amides is 1. The molecule has 1 aromatic carbocycles. The number of hydrogen-bond donors (Lipinski definition) is 1. The summed E-state index contributed by atoms with van der Waals surface area (Å²) < 4.78 is 42.0. The quantitative estimate of drug-likeness (QED) is 0.691. The van der Waals surface area contributed by atoms with Gasteiger partial charge in [-0.15, -0.1) is 0 Å². The minimum Gasteiger partial charge on any atom is -0.369 e. The first-order chi connectivity index (χ1) is 13.9. The number of guanidine groups is 1. The standard InChI is InChI=1S/C21H30F2N4O2S/c1-14(2)12-21(3)19(28)27(20(24)25-21)13-15-5-7-26(8-6-15)30(4,29)18-10-16(22)9-17(23)11-18/h9-11,14-15H,4-8,12-13H2,1-3H3,(H2,24,25). The second-order valence-electron chi connectivity index (χ2n) is 8.88. The molecule has 9 heteroatoms. The lowest BCUT2D eigenvalue weighted by Gasteiger charge is -2.35. The number of nitrogens with zero attached hydrogens (tertiary/aromatic N) is 3. The second kappa shape index (κ2) is 8.26. The molecule has 0 saturated carbocycles. The summed E-state index contributed by atoms with van der Waals surface area (Å²) in [6, 6.07) is 2.89. The van der Waals surface area contributed by atoms with E-state index in [1.54, 1.807) is 9.21 Å². The zero-order valence-electron chi connectivity index (χ0n) is 17.7. The molecule has 0 spiro atoms. The number of benzene rings is 1. The Bertz CT molecular complexity index is 936. The molecule has 0 bridgehead atoms. The zero-order chi connectivity index (χ0) is 22.3. The highest BCUT2D eigenvalue weighted by molar-refractivity contribution is 7.98. The Kier molecular flexibility index (Phi) is 6.25. The molecule has 30 heavy (non-hydrogen) atoms. The van der Waals surface area contributed by atoms with E-state index in [9.17, 15) is 17.8 Å². The van der Waals surface area contributed by atoms with E-state index in [1.165, 1.54) is 0 Å². The monoisotopic (exact) mass is 440 g/mol. The maximum atomic E-state index is 13.6. The molecule has 0 aliphatic carbocycles. The number of nitrogens with two attached hydrogens (primary N) is 1. The number of carbonyl (C=O) groups excluding carboxylic acids is 1. The molecule has 2 N–H and O–H groups in total. The van der Waals surface area contributed by atoms with Crippen molar-refractivity contribution in [2.45, 2.75) is 50.5 Å². The molecule has 2 aliphatic heterocycles. The fourth-order valence-corrected chi connectivity index (χ4v) is 6.06. The van der Waals surface area contributed by atoms with Crippen LogP contribution >= 0.6 is 0 Å². The number of carbonyl (C=O) groups is 1. The molecule has 6 nitrogen and oxygen atoms in total. The maximum Gasteiger partial charge on any atom is 0.257 e. The fourth-order valence-electron chi connectivity index (χ4n) is 4.37. The minimum atomic E-state index is -2.99. The van der Waals surface area contributed by atoms with E-state index in [1.807, 2.05) is 20.8 Å². The Morgan fingerprint density at radius 2 is 1.83 bits per heavy atom. The van der Waals surface area contributed by atoms with Gasteiger partial charge in [0.1, 0.15) is 17.2 Å². The first-order valence-electron chi connectivity index (χ1n) is 10.2. The molecule has 2 heterocycles. The summed E-state index contributed by atoms with van der Waals surface area (Å²) in [4.78, 5) is 19.0. The average Bonchev–Trinajstić information content (AvgIpc) is 2.83. The van der Waals surface area contributed by atoms with Crippen molar-refractivity contribution in [1.29, 1.82) is 0 Å². The van der Waals surface area contributed by atoms with Gasteiger partial charge in [0.2, 0.25) is 0 Å². The van der Waals surface area contributed by atoms with Crippen LogP contribution in [-0.2, 0) is 14.5 Å². The van der Waals surface area contributed by atoms with Gasteiger partial charge in [0.05, 0.1) is 14.6 Å². The summed E-state index contributed by atoms with van der Waals surface area (Å²) in [5, 5.41) is 0. The van der Waals surface area contributed by atoms with Crippen LogP contribution in [0.5, 0.6) is 0 Å². The van der Waals surface area contributed by atoms with Gasteiger partial charge in [0.25, 0.3) is 5.91 Å². The highest BCUT2D eigenvalue weighted by Crippen LogP contribution is 2.31. The van der Waals surface area contributed by atoms with E-state index >= 15 is 0 Å². The Hall–Kier alpha value is -2.00. The molecule has 3 rings (SSSR count). The summed E-state index contributed by atoms with van der Waals surface area (Å²) >= 11 is 0. The summed E-state index contributed by atoms with van der Waals surface area (Å²) in [5.74, 6) is 2.87. The normalized spacial score (nSPS) is 25.6. The third-order valence-corrected chi connectivity index (χ3v) is 7.96. The van der Waals surface area contributed by atoms with Crippen LogP contribution in [-0.4, -0.2) is 56.3 Å². The van der Waals surface area contributed by atoms with Crippen molar-refractivity contribution in [1.82, 2.24) is 9.21 Å². The van der Waals surface area contributed by atoms with Crippen LogP contribution in [0.2, 0.25) is 0 Å². The van der Waals surface area contributed by atoms with Crippen molar-refractivity contribution in [3.63, 3.8) is 0 Å². The summed E-state index contributed by atoms with van der Waals surface area (Å²) in [5.41, 5.74) is 5.24. The van der Waals surface area contributed by atoms with E-state index in [0.717, 1.165) is 18.2 Å². The molecule has 1 aromatic rings. The highest BCUT2D eigenvalue weighted by atomic mass is 32.2. The highest BCUT2D eigenvalue weighted by Gasteiger charge is 2.44. The first-order valence-corrected chi connectivity index (χ1v) is 11.9. The lowest BCUT2D eigenvalue weighted by molar-refractivity contribution is -0.131. The molecule has 1 fully saturated rings. The number of hydrogen-bond acceptors (Lipinski definition) is 4. The van der Waals surface area contributed by atoms with Crippen LogP contribution in [0.25, 0.3) is 0 Å². The zero-order valence-corrected chi connectivity index (χ0v) is 18.6. The van der Waals surface area contributed by atoms with Crippen molar-refractivity contribution >= 4 is 27.4 Å². The van der Waals surface area contributed by atoms with Crippen LogP contribution in [0, 0.1) is 23.5 Å². The average molecular weight is 441 g/mol. The van der Waals surface area contributed by atoms with Gasteiger partial charge in [0, 0.05) is 25.7 Å². The molecule has 2 atom stereocenters. The number of rotatable bonds is 6. The Morgan fingerprint density at radius 3 is 2.37 bits per heavy atom. The predicted octanol–water partition coefficient (Wildman–Crippen LogP) is 2.63. The van der Waals surface area contributed by atoms with Gasteiger partial charge >= 0.3 is 0 Å². The SMILES string of the molecule is C=S(=O)(c1cc(F)cc(F)c1)N1CCC(CN2C(=O)C(C)(CC(C)C)N=C2N)CC1. The second-order valence-corrected chi connectivity index (χ2v) is 11.1. The Morgan fingerprint density at radius 1 is 1.27 bits per heavy atom. The van der Waals surface area contributed by atoms with Crippen LogP contribution in [0.15, 0.2) is 28.1 Å². The largest absolute Gasteiger partial charge is 0.369 e. The van der Waals surface area contributed by atoms with Gasteiger partial charge in [-0.2, -0.15) is 0 Å². The predicted molar refractivity (Wildman–Crippen MR) is 115 cm³/mol. The molecule has 0 aromatic heterocycles. The van der Waals surface area contributed by atoms with E-state index in [4.69, 9.17) is 5.73 Å². The van der Waals surface area contributed by atoms with E-state index in [-0.39, 0.29) is 22.7 Å². The smallest absolute Gasteiger partial charge is 0.257 e. The molecule has 2 aliphatic rings. The number of piperidine rings is 1. The molecular formula is C21H30F2N4O2S. The number of aliphatic imine (C=N–C) groups is 1. The van der Waals surface area contributed by atoms with E-state index in [2.05, 4.69) is 10.9 Å². The third-order valence-electron chi connectivity index (χ3n) is 5.79. The summed E-state index contributed by atoms with van der Waals surface area (Å²) in [6.45, 7) is 7.27. The van der Waals surface area contributed by atoms with Crippen molar-refractivity contribution in [2.75, 3.05) is 19.6 Å². The van der Waals surface area contributed by atoms with Gasteiger partial charge < -0.3 is 5.73 Å². The summed E-state index contributed by atoms with van der Waals surface area (Å²) in [6.07, 6.45) is 1.97. The van der Waals surface area contributed by atoms with Gasteiger partial charge in [-0.25, -0.2) is 22.3 Å². The lowest BCUT2D eigenvalue weighted by atomic mass is 9.90. The minimum absolute atomic E-state index is 0.0500. The van der Waals surface area contributed by atoms with Gasteiger partial charge in [-0.1, -0.05) is 13.8 Å². The van der Waals surface area contributed by atoms with Gasteiger partial charge in [-0.05, 0) is 56.0 Å². The van der Waals surface area contributed by atoms with Crippen molar-refractivity contribution in [2.24, 2.45) is 22.6 Å². The van der Waals surface area contributed by atoms with Gasteiger partial charge in [0.15, 0.2) is 5.96 Å². The van der Waals surface area contributed by atoms with Crippen molar-refractivity contribution < 1.29 is 17.8 Å². The lowest BCUT2D eigenvalue weighted by Crippen LogP contribution is -2.47. The maximum absolute atomic E-state index is 13.6. The molecule has 1 amide bonds. The third kappa shape index (κ3) is 4.51. The molecule has 166 valence electrons. The Balaban J connectivity index is 1.64. The van der Waals surface area contributed by atoms with E-state index in [0.29, 0.717) is 44.8 Å². The molecular weight excluding hydrogens is 410 g/mol. The van der Waals surface area contributed by atoms with Crippen LogP contribution in [0.3, 0.4) is 0 Å². The molecule has 1 saturated heterocycles. The fraction of sp³-hybridized carbons (Fsp3) is 0.571. The van der Waals surface area contributed by atoms with Crippen LogP contribution in [0.1, 0.15) is 40.0 Å². The van der Waals surface area contributed by atoms with E-state index < -0.39 is 26.9 Å². The van der Waals surface area contributed by atoms with Crippen molar-refractivity contribution in [3.05, 3.63) is 29.8 Å². The van der Waals surface area contributed by atoms with Crippen LogP contribution in [0.4, 0.5) is 8.78 Å². The number of halogens is 2. The summed E-state index contributed by atoms with van der Waals surface area (Å²) in [7, 11) is -2.99. The topological polar surface area (TPSA) is 79.0 Å². The van der Waals surface area contributed by atoms with Crippen molar-refractivity contribution in [3.8, 4) is 0 Å². The molecule has 0 radical (unpaired) electrons. The molecule has 2 unspecified atom stereocenters. The van der Waals surface area contributed by atoms with Crippen LogP contribution < -0.4 is 5.73 Å². The first kappa shape index (κ1) is 22.7.